The van der Waals surface area contributed by atoms with Crippen LogP contribution in [0, 0.1) is 0 Å². The Morgan fingerprint density at radius 1 is 0.647 bits per heavy atom. The molecule has 3 aromatic rings. The lowest BCUT2D eigenvalue weighted by Gasteiger charge is -2.13. The van der Waals surface area contributed by atoms with Crippen LogP contribution in [0.25, 0.3) is 12.2 Å². The van der Waals surface area contributed by atoms with Gasteiger partial charge in [-0.1, -0.05) is 24.3 Å². The second kappa shape index (κ2) is 10.8. The molecule has 0 spiro atoms. The first-order valence-corrected chi connectivity index (χ1v) is 11.7. The van der Waals surface area contributed by atoms with Gasteiger partial charge >= 0.3 is 0 Å². The van der Waals surface area contributed by atoms with Crippen LogP contribution in [0.15, 0.2) is 59.5 Å². The molecule has 1 N–H and O–H groups in total. The molecule has 0 heterocycles. The zero-order chi connectivity index (χ0) is 24.7. The van der Waals surface area contributed by atoms with Crippen LogP contribution < -0.4 is 28.4 Å². The van der Waals surface area contributed by atoms with Gasteiger partial charge < -0.3 is 23.7 Å². The molecule has 0 aliphatic rings. The van der Waals surface area contributed by atoms with Crippen molar-refractivity contribution in [3.05, 3.63) is 65.7 Å². The lowest BCUT2D eigenvalue weighted by molar-refractivity contribution is 0.324. The van der Waals surface area contributed by atoms with Crippen LogP contribution in [0.5, 0.6) is 28.7 Å². The largest absolute Gasteiger partial charge is 0.493 e. The first-order valence-electron chi connectivity index (χ1n) is 10.2. The van der Waals surface area contributed by atoms with E-state index in [0.29, 0.717) is 34.4 Å². The summed E-state index contributed by atoms with van der Waals surface area (Å²) in [6, 6.07) is 15.1. The van der Waals surface area contributed by atoms with E-state index < -0.39 is 10.0 Å². The van der Waals surface area contributed by atoms with Crippen LogP contribution in [-0.2, 0) is 10.0 Å². The van der Waals surface area contributed by atoms with E-state index in [1.807, 2.05) is 30.4 Å². The molecule has 0 aromatic heterocycles. The smallest absolute Gasteiger partial charge is 0.262 e. The third-order valence-electron chi connectivity index (χ3n) is 4.96. The highest BCUT2D eigenvalue weighted by Crippen LogP contribution is 2.38. The number of hydrogen-bond donors (Lipinski definition) is 1. The van der Waals surface area contributed by atoms with Crippen molar-refractivity contribution in [1.82, 2.24) is 0 Å². The number of rotatable bonds is 10. The van der Waals surface area contributed by atoms with E-state index in [-0.39, 0.29) is 4.90 Å². The molecule has 0 aliphatic carbocycles. The lowest BCUT2D eigenvalue weighted by atomic mass is 10.1. The molecule has 180 valence electrons. The number of sulfonamides is 1. The predicted octanol–water partition coefficient (Wildman–Crippen LogP) is 4.70. The Kier molecular flexibility index (Phi) is 7.91. The van der Waals surface area contributed by atoms with Crippen molar-refractivity contribution in [2.24, 2.45) is 0 Å². The van der Waals surface area contributed by atoms with E-state index in [9.17, 15) is 8.42 Å². The van der Waals surface area contributed by atoms with Gasteiger partial charge in [0.25, 0.3) is 10.0 Å². The SMILES string of the molecule is COc1ccc(S(=O)(=O)Nc2cccc(C=Cc3cc(OC)c(OC)c(OC)c3)c2)cc1OC. The zero-order valence-electron chi connectivity index (χ0n) is 19.6. The average molecular weight is 486 g/mol. The van der Waals surface area contributed by atoms with Gasteiger partial charge in [0.15, 0.2) is 23.0 Å². The zero-order valence-corrected chi connectivity index (χ0v) is 20.4. The summed E-state index contributed by atoms with van der Waals surface area (Å²) in [5.41, 5.74) is 2.04. The van der Waals surface area contributed by atoms with Gasteiger partial charge in [-0.05, 0) is 47.5 Å². The van der Waals surface area contributed by atoms with Crippen LogP contribution in [-0.4, -0.2) is 44.0 Å². The van der Waals surface area contributed by atoms with Crippen molar-refractivity contribution in [2.75, 3.05) is 40.3 Å². The van der Waals surface area contributed by atoms with Crippen molar-refractivity contribution >= 4 is 27.9 Å². The lowest BCUT2D eigenvalue weighted by Crippen LogP contribution is -2.13. The average Bonchev–Trinajstić information content (AvgIpc) is 2.86. The molecule has 9 heteroatoms. The third-order valence-corrected chi connectivity index (χ3v) is 6.34. The molecule has 0 saturated carbocycles. The minimum absolute atomic E-state index is 0.0588. The summed E-state index contributed by atoms with van der Waals surface area (Å²) in [5, 5.41) is 0. The van der Waals surface area contributed by atoms with Gasteiger partial charge in [-0.3, -0.25) is 4.72 Å². The fourth-order valence-corrected chi connectivity index (χ4v) is 4.36. The van der Waals surface area contributed by atoms with Crippen LogP contribution in [0.2, 0.25) is 0 Å². The van der Waals surface area contributed by atoms with Crippen molar-refractivity contribution in [3.8, 4) is 28.7 Å². The maximum atomic E-state index is 12.9. The van der Waals surface area contributed by atoms with Crippen molar-refractivity contribution < 1.29 is 32.1 Å². The number of anilines is 1. The Morgan fingerprint density at radius 3 is 1.85 bits per heavy atom. The maximum absolute atomic E-state index is 12.9. The molecular formula is C25H27NO7S. The fraction of sp³-hybridized carbons (Fsp3) is 0.200. The van der Waals surface area contributed by atoms with Crippen molar-refractivity contribution in [1.29, 1.82) is 0 Å². The van der Waals surface area contributed by atoms with Gasteiger partial charge in [0.05, 0.1) is 40.4 Å². The van der Waals surface area contributed by atoms with Crippen molar-refractivity contribution in [2.45, 2.75) is 4.90 Å². The predicted molar refractivity (Wildman–Crippen MR) is 132 cm³/mol. The molecule has 0 fully saturated rings. The highest BCUT2D eigenvalue weighted by molar-refractivity contribution is 7.92. The number of hydrogen-bond acceptors (Lipinski definition) is 7. The van der Waals surface area contributed by atoms with Crippen LogP contribution in [0.1, 0.15) is 11.1 Å². The first-order chi connectivity index (χ1) is 16.3. The van der Waals surface area contributed by atoms with E-state index in [0.717, 1.165) is 11.1 Å². The van der Waals surface area contributed by atoms with Crippen LogP contribution in [0.3, 0.4) is 0 Å². The summed E-state index contributed by atoms with van der Waals surface area (Å²) >= 11 is 0. The summed E-state index contributed by atoms with van der Waals surface area (Å²) in [6.07, 6.45) is 3.72. The minimum Gasteiger partial charge on any atom is -0.493 e. The van der Waals surface area contributed by atoms with E-state index in [1.54, 1.807) is 45.6 Å². The maximum Gasteiger partial charge on any atom is 0.262 e. The van der Waals surface area contributed by atoms with E-state index in [1.165, 1.54) is 26.4 Å². The monoisotopic (exact) mass is 485 g/mol. The molecule has 0 atom stereocenters. The summed E-state index contributed by atoms with van der Waals surface area (Å²) in [6.45, 7) is 0. The van der Waals surface area contributed by atoms with Gasteiger partial charge in [0.2, 0.25) is 5.75 Å². The number of nitrogens with one attached hydrogen (secondary N) is 1. The Labute approximate surface area is 199 Å². The minimum atomic E-state index is -3.84. The molecular weight excluding hydrogens is 458 g/mol. The summed E-state index contributed by atoms with van der Waals surface area (Å²) in [4.78, 5) is 0.0588. The van der Waals surface area contributed by atoms with Crippen molar-refractivity contribution in [3.63, 3.8) is 0 Å². The summed E-state index contributed by atoms with van der Waals surface area (Å²) in [5.74, 6) is 2.36. The highest BCUT2D eigenvalue weighted by Gasteiger charge is 2.17. The Morgan fingerprint density at radius 2 is 1.26 bits per heavy atom. The molecule has 3 aromatic carbocycles. The number of benzene rings is 3. The molecule has 0 amide bonds. The standard InChI is InChI=1S/C25H27NO7S/c1-29-21-12-11-20(16-22(21)30-2)34(27,28)26-19-8-6-7-17(13-19)9-10-18-14-23(31-3)25(33-5)24(15-18)32-4/h6-16,26H,1-5H3. The van der Waals surface area contributed by atoms with E-state index in [4.69, 9.17) is 23.7 Å². The van der Waals surface area contributed by atoms with E-state index >= 15 is 0 Å². The molecule has 0 bridgehead atoms. The number of ether oxygens (including phenoxy) is 5. The Hall–Kier alpha value is -3.85. The number of methoxy groups -OCH3 is 5. The molecule has 0 aliphatic heterocycles. The quantitative estimate of drug-likeness (QED) is 0.416. The van der Waals surface area contributed by atoms with Crippen LogP contribution in [0.4, 0.5) is 5.69 Å². The topological polar surface area (TPSA) is 92.3 Å². The summed E-state index contributed by atoms with van der Waals surface area (Å²) in [7, 11) is 3.76. The molecule has 8 nitrogen and oxygen atoms in total. The fourth-order valence-electron chi connectivity index (χ4n) is 3.29. The van der Waals surface area contributed by atoms with Crippen LogP contribution >= 0.6 is 0 Å². The molecule has 0 saturated heterocycles. The molecule has 3 rings (SSSR count). The summed E-state index contributed by atoms with van der Waals surface area (Å²) < 4.78 is 54.9. The third kappa shape index (κ3) is 5.55. The van der Waals surface area contributed by atoms with Gasteiger partial charge in [-0.25, -0.2) is 8.42 Å². The second-order valence-corrected chi connectivity index (χ2v) is 8.72. The van der Waals surface area contributed by atoms with Gasteiger partial charge in [0.1, 0.15) is 0 Å². The second-order valence-electron chi connectivity index (χ2n) is 7.04. The molecule has 0 radical (unpaired) electrons. The normalized spacial score (nSPS) is 11.2. The van der Waals surface area contributed by atoms with Gasteiger partial charge in [-0.15, -0.1) is 0 Å². The molecule has 0 unspecified atom stereocenters. The highest BCUT2D eigenvalue weighted by atomic mass is 32.2. The van der Waals surface area contributed by atoms with E-state index in [2.05, 4.69) is 4.72 Å². The Bertz CT molecular complexity index is 1260. The Balaban J connectivity index is 1.85. The molecule has 34 heavy (non-hydrogen) atoms. The first kappa shape index (κ1) is 24.8. The van der Waals surface area contributed by atoms with Gasteiger partial charge in [0, 0.05) is 11.8 Å². The van der Waals surface area contributed by atoms with Gasteiger partial charge in [-0.2, -0.15) is 0 Å².